The van der Waals surface area contributed by atoms with E-state index in [0.717, 1.165) is 23.5 Å². The van der Waals surface area contributed by atoms with Gasteiger partial charge < -0.3 is 10.2 Å². The van der Waals surface area contributed by atoms with Gasteiger partial charge in [0, 0.05) is 24.3 Å². The molecule has 1 aromatic heterocycles. The summed E-state index contributed by atoms with van der Waals surface area (Å²) in [6, 6.07) is 8.33. The molecule has 162 valence electrons. The first kappa shape index (κ1) is 21.9. The van der Waals surface area contributed by atoms with Gasteiger partial charge >= 0.3 is 6.18 Å². The molecule has 1 atom stereocenters. The number of hydrogen-bond acceptors (Lipinski definition) is 3. The van der Waals surface area contributed by atoms with Gasteiger partial charge in [-0.3, -0.25) is 9.59 Å². The van der Waals surface area contributed by atoms with Gasteiger partial charge in [0.1, 0.15) is 6.04 Å². The van der Waals surface area contributed by atoms with E-state index in [-0.39, 0.29) is 5.91 Å². The van der Waals surface area contributed by atoms with Crippen molar-refractivity contribution in [2.45, 2.75) is 58.2 Å². The molecule has 1 N–H and O–H groups in total. The van der Waals surface area contributed by atoms with E-state index in [4.69, 9.17) is 0 Å². The maximum absolute atomic E-state index is 12.8. The Bertz CT molecular complexity index is 906. The minimum Gasteiger partial charge on any atom is -0.331 e. The summed E-state index contributed by atoms with van der Waals surface area (Å²) in [6.45, 7) is 4.15. The van der Waals surface area contributed by atoms with Gasteiger partial charge in [0.2, 0.25) is 11.8 Å². The fourth-order valence-corrected chi connectivity index (χ4v) is 3.70. The zero-order valence-electron chi connectivity index (χ0n) is 17.0. The maximum atomic E-state index is 12.8. The van der Waals surface area contributed by atoms with E-state index in [9.17, 15) is 22.8 Å². The predicted octanol–water partition coefficient (Wildman–Crippen LogP) is 4.15. The summed E-state index contributed by atoms with van der Waals surface area (Å²) in [5.74, 6) is -1.01. The number of aryl methyl sites for hydroxylation is 2. The van der Waals surface area contributed by atoms with Gasteiger partial charge in [-0.2, -0.15) is 18.3 Å². The normalized spacial score (nSPS) is 17.1. The van der Waals surface area contributed by atoms with Crippen LogP contribution in [0.1, 0.15) is 43.5 Å². The van der Waals surface area contributed by atoms with Crippen LogP contribution in [0.15, 0.2) is 30.3 Å². The lowest BCUT2D eigenvalue weighted by atomic mass is 10.0. The number of nitrogens with one attached hydrogen (secondary N) is 1. The lowest BCUT2D eigenvalue weighted by molar-refractivity contribution is -0.152. The van der Waals surface area contributed by atoms with Crippen molar-refractivity contribution >= 4 is 17.5 Å². The summed E-state index contributed by atoms with van der Waals surface area (Å²) in [5, 5.41) is 7.20. The number of hydrogen-bond donors (Lipinski definition) is 1. The average molecular weight is 422 g/mol. The first-order valence-corrected chi connectivity index (χ1v) is 9.95. The number of alkyl halides is 3. The quantitative estimate of drug-likeness (QED) is 0.787. The number of benzene rings is 1. The highest BCUT2D eigenvalue weighted by Crippen LogP contribution is 2.25. The Balaban J connectivity index is 1.66. The van der Waals surface area contributed by atoms with Gasteiger partial charge in [-0.1, -0.05) is 0 Å². The molecule has 1 aliphatic heterocycles. The van der Waals surface area contributed by atoms with Crippen molar-refractivity contribution in [1.82, 2.24) is 14.7 Å². The summed E-state index contributed by atoms with van der Waals surface area (Å²) < 4.78 is 39.1. The number of anilines is 1. The van der Waals surface area contributed by atoms with Crippen LogP contribution in [0.4, 0.5) is 18.9 Å². The van der Waals surface area contributed by atoms with E-state index < -0.39 is 31.0 Å². The lowest BCUT2D eigenvalue weighted by Gasteiger charge is -2.35. The third-order valence-corrected chi connectivity index (χ3v) is 5.14. The minimum absolute atomic E-state index is 0.297. The Morgan fingerprint density at radius 1 is 1.17 bits per heavy atom. The van der Waals surface area contributed by atoms with Gasteiger partial charge in [-0.15, -0.1) is 0 Å². The van der Waals surface area contributed by atoms with Crippen LogP contribution < -0.4 is 5.32 Å². The van der Waals surface area contributed by atoms with Crippen molar-refractivity contribution in [3.05, 3.63) is 41.7 Å². The number of carbonyl (C=O) groups is 2. The molecule has 2 aromatic rings. The number of rotatable bonds is 5. The highest BCUT2D eigenvalue weighted by atomic mass is 19.4. The van der Waals surface area contributed by atoms with E-state index >= 15 is 0 Å². The highest BCUT2D eigenvalue weighted by molar-refractivity contribution is 5.97. The molecule has 0 aliphatic carbocycles. The van der Waals surface area contributed by atoms with Crippen LogP contribution in [0.5, 0.6) is 0 Å². The number of nitrogens with zero attached hydrogens (tertiary/aromatic N) is 3. The summed E-state index contributed by atoms with van der Waals surface area (Å²) in [6.07, 6.45) is -4.34. The molecular formula is C21H25F3N4O2. The fourth-order valence-electron chi connectivity index (χ4n) is 3.70. The number of aromatic nitrogens is 2. The van der Waals surface area contributed by atoms with Crippen molar-refractivity contribution in [2.75, 3.05) is 11.9 Å². The third-order valence-electron chi connectivity index (χ3n) is 5.14. The molecule has 6 nitrogen and oxygen atoms in total. The lowest BCUT2D eigenvalue weighted by Crippen LogP contribution is -2.50. The SMILES string of the molecule is Cc1cc(C)n(-c2ccc(NC(=O)C3CCCCN3C(=O)CCC(F)(F)F)cc2)n1. The van der Waals surface area contributed by atoms with Crippen molar-refractivity contribution < 1.29 is 22.8 Å². The van der Waals surface area contributed by atoms with E-state index in [2.05, 4.69) is 10.4 Å². The second kappa shape index (κ2) is 8.89. The van der Waals surface area contributed by atoms with E-state index in [0.29, 0.717) is 25.1 Å². The zero-order valence-corrected chi connectivity index (χ0v) is 17.0. The van der Waals surface area contributed by atoms with Crippen LogP contribution in [0.3, 0.4) is 0 Å². The maximum Gasteiger partial charge on any atom is 0.389 e. The summed E-state index contributed by atoms with van der Waals surface area (Å²) in [4.78, 5) is 26.3. The third kappa shape index (κ3) is 5.40. The largest absolute Gasteiger partial charge is 0.389 e. The number of carbonyl (C=O) groups excluding carboxylic acids is 2. The summed E-state index contributed by atoms with van der Waals surface area (Å²) >= 11 is 0. The van der Waals surface area contributed by atoms with Crippen molar-refractivity contribution in [2.24, 2.45) is 0 Å². The number of likely N-dealkylation sites (tertiary alicyclic amines) is 1. The van der Waals surface area contributed by atoms with Gasteiger partial charge in [-0.25, -0.2) is 4.68 Å². The second-order valence-corrected chi connectivity index (χ2v) is 7.59. The smallest absolute Gasteiger partial charge is 0.331 e. The fraction of sp³-hybridized carbons (Fsp3) is 0.476. The van der Waals surface area contributed by atoms with Crippen LogP contribution in [-0.2, 0) is 9.59 Å². The standard InChI is InChI=1S/C21H25F3N4O2/c1-14-13-15(2)28(26-14)17-8-6-16(7-9-17)25-20(30)18-5-3-4-12-27(18)19(29)10-11-21(22,23)24/h6-9,13,18H,3-5,10-12H2,1-2H3,(H,25,30). The zero-order chi connectivity index (χ0) is 21.9. The molecule has 2 heterocycles. The van der Waals surface area contributed by atoms with Crippen LogP contribution >= 0.6 is 0 Å². The molecular weight excluding hydrogens is 397 g/mol. The van der Waals surface area contributed by atoms with Gasteiger partial charge in [0.15, 0.2) is 0 Å². The van der Waals surface area contributed by atoms with Gasteiger partial charge in [0.05, 0.1) is 17.8 Å². The highest BCUT2D eigenvalue weighted by Gasteiger charge is 2.34. The summed E-state index contributed by atoms with van der Waals surface area (Å²) in [5.41, 5.74) is 3.29. The van der Waals surface area contributed by atoms with Gasteiger partial charge in [-0.05, 0) is 63.4 Å². The molecule has 2 amide bonds. The molecule has 3 rings (SSSR count). The summed E-state index contributed by atoms with van der Waals surface area (Å²) in [7, 11) is 0. The van der Waals surface area contributed by atoms with E-state index in [1.54, 1.807) is 16.8 Å². The topological polar surface area (TPSA) is 67.2 Å². The Labute approximate surface area is 173 Å². The molecule has 0 radical (unpaired) electrons. The Morgan fingerprint density at radius 2 is 1.87 bits per heavy atom. The van der Waals surface area contributed by atoms with Crippen LogP contribution in [0.2, 0.25) is 0 Å². The molecule has 1 saturated heterocycles. The van der Waals surface area contributed by atoms with Crippen molar-refractivity contribution in [3.63, 3.8) is 0 Å². The first-order valence-electron chi connectivity index (χ1n) is 9.95. The van der Waals surface area contributed by atoms with Crippen LogP contribution in [0, 0.1) is 13.8 Å². The van der Waals surface area contributed by atoms with E-state index in [1.807, 2.05) is 32.0 Å². The molecule has 0 bridgehead atoms. The molecule has 1 aromatic carbocycles. The first-order chi connectivity index (χ1) is 14.1. The number of halogens is 3. The Hall–Kier alpha value is -2.84. The van der Waals surface area contributed by atoms with E-state index in [1.165, 1.54) is 4.90 Å². The van der Waals surface area contributed by atoms with Crippen molar-refractivity contribution in [1.29, 1.82) is 0 Å². The molecule has 1 unspecified atom stereocenters. The minimum atomic E-state index is -4.39. The van der Waals surface area contributed by atoms with Crippen molar-refractivity contribution in [3.8, 4) is 5.69 Å². The van der Waals surface area contributed by atoms with Crippen LogP contribution in [-0.4, -0.2) is 45.3 Å². The van der Waals surface area contributed by atoms with Crippen LogP contribution in [0.25, 0.3) is 5.69 Å². The Kier molecular flexibility index (Phi) is 6.48. The van der Waals surface area contributed by atoms with Gasteiger partial charge in [0.25, 0.3) is 0 Å². The Morgan fingerprint density at radius 3 is 2.47 bits per heavy atom. The molecule has 0 saturated carbocycles. The molecule has 30 heavy (non-hydrogen) atoms. The number of amides is 2. The average Bonchev–Trinajstić information content (AvgIpc) is 3.04. The molecule has 1 fully saturated rings. The second-order valence-electron chi connectivity index (χ2n) is 7.59. The predicted molar refractivity (Wildman–Crippen MR) is 106 cm³/mol. The molecule has 0 spiro atoms. The monoisotopic (exact) mass is 422 g/mol. The number of piperidine rings is 1. The molecule has 9 heteroatoms. The molecule has 1 aliphatic rings.